The van der Waals surface area contributed by atoms with E-state index in [2.05, 4.69) is 30.1 Å². The number of nitrogens with zero attached hydrogens (tertiary/aromatic N) is 1. The highest BCUT2D eigenvalue weighted by Crippen LogP contribution is 2.24. The summed E-state index contributed by atoms with van der Waals surface area (Å²) in [5, 5.41) is 3.64. The molecule has 2 aliphatic rings. The minimum Gasteiger partial charge on any atom is -0.312 e. The molecule has 2 atom stereocenters. The topological polar surface area (TPSA) is 15.3 Å². The average Bonchev–Trinajstić information content (AvgIpc) is 2.57. The summed E-state index contributed by atoms with van der Waals surface area (Å²) in [6, 6.07) is 0.786. The molecule has 1 N–H and O–H groups in total. The first-order chi connectivity index (χ1) is 6.75. The van der Waals surface area contributed by atoms with Crippen LogP contribution in [0.4, 0.5) is 0 Å². The van der Waals surface area contributed by atoms with Crippen LogP contribution in [0.3, 0.4) is 0 Å². The Bertz CT molecular complexity index is 204. The van der Waals surface area contributed by atoms with E-state index in [4.69, 9.17) is 0 Å². The number of fused-ring (bicyclic) bond motifs is 1. The molecule has 2 rings (SSSR count). The Morgan fingerprint density at radius 2 is 2.29 bits per heavy atom. The molecule has 2 heteroatoms. The number of allylic oxidation sites excluding steroid dienone is 1. The molecule has 2 nitrogen and oxygen atoms in total. The first kappa shape index (κ1) is 10.2. The second-order valence-electron chi connectivity index (χ2n) is 4.96. The molecule has 0 bridgehead atoms. The van der Waals surface area contributed by atoms with E-state index >= 15 is 0 Å². The molecular weight excluding hydrogens is 172 g/mol. The van der Waals surface area contributed by atoms with E-state index in [0.29, 0.717) is 0 Å². The molecule has 80 valence electrons. The van der Waals surface area contributed by atoms with Crippen molar-refractivity contribution >= 4 is 0 Å². The SMILES string of the molecule is CC(C)=CCN1CC2CCCNC2C1. The molecule has 2 aliphatic heterocycles. The van der Waals surface area contributed by atoms with Crippen molar-refractivity contribution in [1.29, 1.82) is 0 Å². The van der Waals surface area contributed by atoms with Crippen LogP contribution in [0.2, 0.25) is 0 Å². The number of hydrogen-bond acceptors (Lipinski definition) is 2. The maximum Gasteiger partial charge on any atom is 0.0235 e. The van der Waals surface area contributed by atoms with Gasteiger partial charge in [-0.3, -0.25) is 4.90 Å². The van der Waals surface area contributed by atoms with Gasteiger partial charge in [-0.15, -0.1) is 0 Å². The van der Waals surface area contributed by atoms with Crippen molar-refractivity contribution in [2.75, 3.05) is 26.2 Å². The van der Waals surface area contributed by atoms with Crippen molar-refractivity contribution in [3.63, 3.8) is 0 Å². The average molecular weight is 194 g/mol. The number of nitrogens with one attached hydrogen (secondary N) is 1. The van der Waals surface area contributed by atoms with Gasteiger partial charge in [0.25, 0.3) is 0 Å². The minimum atomic E-state index is 0.786. The summed E-state index contributed by atoms with van der Waals surface area (Å²) in [6.45, 7) is 9.31. The van der Waals surface area contributed by atoms with Gasteiger partial charge in [0.1, 0.15) is 0 Å². The van der Waals surface area contributed by atoms with Gasteiger partial charge in [-0.05, 0) is 39.2 Å². The molecule has 0 amide bonds. The maximum atomic E-state index is 3.64. The highest BCUT2D eigenvalue weighted by molar-refractivity contribution is 4.99. The summed E-state index contributed by atoms with van der Waals surface area (Å²) in [4.78, 5) is 2.58. The largest absolute Gasteiger partial charge is 0.312 e. The van der Waals surface area contributed by atoms with Crippen LogP contribution in [0.25, 0.3) is 0 Å². The monoisotopic (exact) mass is 194 g/mol. The molecule has 2 unspecified atom stereocenters. The van der Waals surface area contributed by atoms with Crippen molar-refractivity contribution < 1.29 is 0 Å². The predicted molar refractivity (Wildman–Crippen MR) is 60.4 cm³/mol. The lowest BCUT2D eigenvalue weighted by Gasteiger charge is -2.24. The molecule has 0 aromatic rings. The van der Waals surface area contributed by atoms with Crippen LogP contribution in [0.5, 0.6) is 0 Å². The van der Waals surface area contributed by atoms with Gasteiger partial charge in [-0.25, -0.2) is 0 Å². The Balaban J connectivity index is 1.84. The van der Waals surface area contributed by atoms with Gasteiger partial charge in [-0.1, -0.05) is 11.6 Å². The predicted octanol–water partition coefficient (Wildman–Crippen LogP) is 1.64. The zero-order valence-electron chi connectivity index (χ0n) is 9.42. The highest BCUT2D eigenvalue weighted by Gasteiger charge is 2.33. The summed E-state index contributed by atoms with van der Waals surface area (Å²) in [5.41, 5.74) is 1.44. The van der Waals surface area contributed by atoms with Gasteiger partial charge in [-0.2, -0.15) is 0 Å². The fourth-order valence-electron chi connectivity index (χ4n) is 2.60. The number of likely N-dealkylation sites (tertiary alicyclic amines) is 1. The lowest BCUT2D eigenvalue weighted by Crippen LogP contribution is -2.40. The van der Waals surface area contributed by atoms with Crippen LogP contribution in [-0.4, -0.2) is 37.1 Å². The molecule has 2 fully saturated rings. The molecule has 0 radical (unpaired) electrons. The Morgan fingerprint density at radius 3 is 3.00 bits per heavy atom. The Kier molecular flexibility index (Phi) is 3.24. The van der Waals surface area contributed by atoms with Gasteiger partial charge in [0, 0.05) is 25.7 Å². The summed E-state index contributed by atoms with van der Waals surface area (Å²) >= 11 is 0. The second-order valence-corrected chi connectivity index (χ2v) is 4.96. The van der Waals surface area contributed by atoms with Crippen molar-refractivity contribution in [1.82, 2.24) is 10.2 Å². The van der Waals surface area contributed by atoms with Crippen molar-refractivity contribution in [2.45, 2.75) is 32.7 Å². The molecule has 2 saturated heterocycles. The van der Waals surface area contributed by atoms with Crippen LogP contribution >= 0.6 is 0 Å². The standard InChI is InChI=1S/C12H22N2/c1-10(2)5-7-14-8-11-4-3-6-13-12(11)9-14/h5,11-13H,3-4,6-9H2,1-2H3. The molecule has 0 aromatic heterocycles. The number of hydrogen-bond donors (Lipinski definition) is 1. The van der Waals surface area contributed by atoms with Gasteiger partial charge in [0.15, 0.2) is 0 Å². The van der Waals surface area contributed by atoms with Crippen molar-refractivity contribution in [3.8, 4) is 0 Å². The fraction of sp³-hybridized carbons (Fsp3) is 0.833. The third-order valence-corrected chi connectivity index (χ3v) is 3.43. The lowest BCUT2D eigenvalue weighted by atomic mass is 9.94. The Morgan fingerprint density at radius 1 is 1.43 bits per heavy atom. The van der Waals surface area contributed by atoms with Gasteiger partial charge < -0.3 is 5.32 Å². The molecule has 0 aromatic carbocycles. The number of rotatable bonds is 2. The van der Waals surface area contributed by atoms with Crippen molar-refractivity contribution in [2.24, 2.45) is 5.92 Å². The Hall–Kier alpha value is -0.340. The summed E-state index contributed by atoms with van der Waals surface area (Å²) in [5.74, 6) is 0.925. The molecular formula is C12H22N2. The van der Waals surface area contributed by atoms with Crippen molar-refractivity contribution in [3.05, 3.63) is 11.6 Å². The van der Waals surface area contributed by atoms with Gasteiger partial charge >= 0.3 is 0 Å². The van der Waals surface area contributed by atoms with E-state index in [1.807, 2.05) is 0 Å². The summed E-state index contributed by atoms with van der Waals surface area (Å²) < 4.78 is 0. The van der Waals surface area contributed by atoms with Gasteiger partial charge in [0.2, 0.25) is 0 Å². The maximum absolute atomic E-state index is 3.64. The molecule has 14 heavy (non-hydrogen) atoms. The van der Waals surface area contributed by atoms with E-state index in [-0.39, 0.29) is 0 Å². The third kappa shape index (κ3) is 2.37. The fourth-order valence-corrected chi connectivity index (χ4v) is 2.60. The zero-order chi connectivity index (χ0) is 9.97. The third-order valence-electron chi connectivity index (χ3n) is 3.43. The zero-order valence-corrected chi connectivity index (χ0v) is 9.42. The van der Waals surface area contributed by atoms with Crippen LogP contribution < -0.4 is 5.32 Å². The highest BCUT2D eigenvalue weighted by atomic mass is 15.2. The number of piperidine rings is 1. The summed E-state index contributed by atoms with van der Waals surface area (Å²) in [7, 11) is 0. The quantitative estimate of drug-likeness (QED) is 0.672. The molecule has 0 spiro atoms. The van der Waals surface area contributed by atoms with E-state index in [1.165, 1.54) is 38.0 Å². The molecule has 0 aliphatic carbocycles. The minimum absolute atomic E-state index is 0.786. The van der Waals surface area contributed by atoms with Crippen LogP contribution in [0.1, 0.15) is 26.7 Å². The first-order valence-electron chi connectivity index (χ1n) is 5.85. The van der Waals surface area contributed by atoms with Crippen LogP contribution in [0.15, 0.2) is 11.6 Å². The van der Waals surface area contributed by atoms with Crippen LogP contribution in [-0.2, 0) is 0 Å². The molecule has 2 heterocycles. The van der Waals surface area contributed by atoms with Gasteiger partial charge in [0.05, 0.1) is 0 Å². The second kappa shape index (κ2) is 4.45. The first-order valence-corrected chi connectivity index (χ1v) is 5.85. The summed E-state index contributed by atoms with van der Waals surface area (Å²) in [6.07, 6.45) is 5.15. The Labute approximate surface area is 87.4 Å². The van der Waals surface area contributed by atoms with Crippen LogP contribution in [0, 0.1) is 5.92 Å². The normalized spacial score (nSPS) is 32.7. The van der Waals surface area contributed by atoms with E-state index in [0.717, 1.165) is 18.5 Å². The van der Waals surface area contributed by atoms with E-state index < -0.39 is 0 Å². The lowest BCUT2D eigenvalue weighted by molar-refractivity contribution is 0.335. The molecule has 0 saturated carbocycles. The smallest absolute Gasteiger partial charge is 0.0235 e. The van der Waals surface area contributed by atoms with E-state index in [9.17, 15) is 0 Å². The van der Waals surface area contributed by atoms with E-state index in [1.54, 1.807) is 0 Å².